The summed E-state index contributed by atoms with van der Waals surface area (Å²) in [7, 11) is 0. The fraction of sp³-hybridized carbons (Fsp3) is 0.688. The Hall–Kier alpha value is -1.13. The highest BCUT2D eigenvalue weighted by Crippen LogP contribution is 2.15. The number of nitrogens with one attached hydrogen (secondary N) is 1. The molecule has 1 aliphatic heterocycles. The van der Waals surface area contributed by atoms with Crippen LogP contribution in [-0.2, 0) is 11.3 Å². The van der Waals surface area contributed by atoms with E-state index in [0.717, 1.165) is 45.0 Å². The molecule has 0 saturated carbocycles. The van der Waals surface area contributed by atoms with Crippen LogP contribution in [0.15, 0.2) is 18.3 Å². The topological polar surface area (TPSA) is 37.4 Å². The van der Waals surface area contributed by atoms with Crippen LogP contribution in [-0.4, -0.2) is 42.2 Å². The zero-order valence-corrected chi connectivity index (χ0v) is 12.8. The van der Waals surface area contributed by atoms with Crippen molar-refractivity contribution in [2.75, 3.05) is 31.6 Å². The highest BCUT2D eigenvalue weighted by molar-refractivity contribution is 5.35. The lowest BCUT2D eigenvalue weighted by atomic mass is 10.2. The van der Waals surface area contributed by atoms with E-state index in [9.17, 15) is 0 Å². The Morgan fingerprint density at radius 3 is 2.90 bits per heavy atom. The van der Waals surface area contributed by atoms with Gasteiger partial charge in [-0.25, -0.2) is 4.98 Å². The maximum atomic E-state index is 5.72. The maximum absolute atomic E-state index is 5.72. The number of hydrogen-bond acceptors (Lipinski definition) is 4. The number of pyridine rings is 1. The first-order valence-corrected chi connectivity index (χ1v) is 7.84. The molecule has 112 valence electrons. The van der Waals surface area contributed by atoms with E-state index in [1.54, 1.807) is 0 Å². The Labute approximate surface area is 122 Å². The molecule has 2 rings (SSSR count). The summed E-state index contributed by atoms with van der Waals surface area (Å²) in [5, 5.41) is 3.30. The quantitative estimate of drug-likeness (QED) is 0.793. The fourth-order valence-electron chi connectivity index (χ4n) is 2.52. The number of hydrogen-bond donors (Lipinski definition) is 1. The van der Waals surface area contributed by atoms with Crippen molar-refractivity contribution in [3.8, 4) is 0 Å². The lowest BCUT2D eigenvalue weighted by Crippen LogP contribution is -2.31. The average Bonchev–Trinajstić information content (AvgIpc) is 2.99. The molecule has 0 spiro atoms. The van der Waals surface area contributed by atoms with Gasteiger partial charge in [-0.2, -0.15) is 0 Å². The van der Waals surface area contributed by atoms with Gasteiger partial charge in [0.2, 0.25) is 0 Å². The van der Waals surface area contributed by atoms with Crippen molar-refractivity contribution >= 4 is 5.82 Å². The smallest absolute Gasteiger partial charge is 0.125 e. The molecule has 0 amide bonds. The Morgan fingerprint density at radius 2 is 2.30 bits per heavy atom. The van der Waals surface area contributed by atoms with Gasteiger partial charge in [-0.3, -0.25) is 4.90 Å². The highest BCUT2D eigenvalue weighted by Gasteiger charge is 2.18. The number of anilines is 1. The molecular formula is C16H27N3O. The fourth-order valence-corrected chi connectivity index (χ4v) is 2.52. The van der Waals surface area contributed by atoms with E-state index >= 15 is 0 Å². The number of rotatable bonds is 8. The molecule has 0 aromatic carbocycles. The van der Waals surface area contributed by atoms with Crippen LogP contribution >= 0.6 is 0 Å². The predicted octanol–water partition coefficient (Wildman–Crippen LogP) is 2.90. The van der Waals surface area contributed by atoms with E-state index in [-0.39, 0.29) is 0 Å². The van der Waals surface area contributed by atoms with Gasteiger partial charge in [0.1, 0.15) is 5.82 Å². The molecular weight excluding hydrogens is 250 g/mol. The van der Waals surface area contributed by atoms with Crippen LogP contribution in [0.4, 0.5) is 5.82 Å². The van der Waals surface area contributed by atoms with Crippen molar-refractivity contribution in [2.45, 2.75) is 45.8 Å². The van der Waals surface area contributed by atoms with E-state index in [1.807, 2.05) is 6.20 Å². The molecule has 4 nitrogen and oxygen atoms in total. The number of nitrogens with zero attached hydrogens (tertiary/aromatic N) is 2. The van der Waals surface area contributed by atoms with Gasteiger partial charge in [0.25, 0.3) is 0 Å². The SMILES string of the molecule is CCCNc1ccc(CN(CC)CC2CCCO2)cn1. The van der Waals surface area contributed by atoms with E-state index in [0.29, 0.717) is 6.10 Å². The van der Waals surface area contributed by atoms with Crippen LogP contribution in [0.1, 0.15) is 38.7 Å². The first-order valence-electron chi connectivity index (χ1n) is 7.84. The Bertz CT molecular complexity index is 374. The third-order valence-corrected chi connectivity index (χ3v) is 3.72. The van der Waals surface area contributed by atoms with Gasteiger partial charge in [0.05, 0.1) is 6.10 Å². The third kappa shape index (κ3) is 4.76. The molecule has 1 unspecified atom stereocenters. The second-order valence-corrected chi connectivity index (χ2v) is 5.44. The minimum atomic E-state index is 0.424. The second kappa shape index (κ2) is 8.22. The van der Waals surface area contributed by atoms with E-state index in [1.165, 1.54) is 18.4 Å². The minimum absolute atomic E-state index is 0.424. The molecule has 0 aliphatic carbocycles. The monoisotopic (exact) mass is 277 g/mol. The molecule has 1 aromatic rings. The van der Waals surface area contributed by atoms with Crippen LogP contribution < -0.4 is 5.32 Å². The summed E-state index contributed by atoms with van der Waals surface area (Å²) in [6.07, 6.45) is 5.94. The molecule has 1 aromatic heterocycles. The molecule has 2 heterocycles. The highest BCUT2D eigenvalue weighted by atomic mass is 16.5. The van der Waals surface area contributed by atoms with Gasteiger partial charge in [0, 0.05) is 32.4 Å². The number of ether oxygens (including phenoxy) is 1. The summed E-state index contributed by atoms with van der Waals surface area (Å²) < 4.78 is 5.72. The largest absolute Gasteiger partial charge is 0.377 e. The lowest BCUT2D eigenvalue weighted by Gasteiger charge is -2.23. The number of likely N-dealkylation sites (N-methyl/N-ethyl adjacent to an activating group) is 1. The zero-order chi connectivity index (χ0) is 14.2. The van der Waals surface area contributed by atoms with Crippen molar-refractivity contribution in [1.82, 2.24) is 9.88 Å². The van der Waals surface area contributed by atoms with Crippen LogP contribution in [0.5, 0.6) is 0 Å². The van der Waals surface area contributed by atoms with Gasteiger partial charge < -0.3 is 10.1 Å². The molecule has 0 bridgehead atoms. The summed E-state index contributed by atoms with van der Waals surface area (Å²) in [4.78, 5) is 6.90. The minimum Gasteiger partial charge on any atom is -0.377 e. The standard InChI is InChI=1S/C16H27N3O/c1-3-9-17-16-8-7-14(11-18-16)12-19(4-2)13-15-6-5-10-20-15/h7-8,11,15H,3-6,9-10,12-13H2,1-2H3,(H,17,18). The summed E-state index contributed by atoms with van der Waals surface area (Å²) in [6, 6.07) is 4.24. The van der Waals surface area contributed by atoms with Crippen LogP contribution in [0, 0.1) is 0 Å². The molecule has 1 N–H and O–H groups in total. The summed E-state index contributed by atoms with van der Waals surface area (Å²) >= 11 is 0. The van der Waals surface area contributed by atoms with Gasteiger partial charge in [-0.15, -0.1) is 0 Å². The van der Waals surface area contributed by atoms with Crippen LogP contribution in [0.2, 0.25) is 0 Å². The van der Waals surface area contributed by atoms with Crippen molar-refractivity contribution in [3.63, 3.8) is 0 Å². The second-order valence-electron chi connectivity index (χ2n) is 5.44. The zero-order valence-electron chi connectivity index (χ0n) is 12.8. The lowest BCUT2D eigenvalue weighted by molar-refractivity contribution is 0.0724. The van der Waals surface area contributed by atoms with Crippen molar-refractivity contribution in [2.24, 2.45) is 0 Å². The molecule has 20 heavy (non-hydrogen) atoms. The normalized spacial score (nSPS) is 18.6. The third-order valence-electron chi connectivity index (χ3n) is 3.72. The maximum Gasteiger partial charge on any atom is 0.125 e. The molecule has 0 radical (unpaired) electrons. The number of aromatic nitrogens is 1. The Morgan fingerprint density at radius 1 is 1.40 bits per heavy atom. The van der Waals surface area contributed by atoms with Crippen molar-refractivity contribution in [1.29, 1.82) is 0 Å². The Balaban J connectivity index is 1.83. The first-order chi connectivity index (χ1) is 9.81. The van der Waals surface area contributed by atoms with Gasteiger partial charge in [-0.1, -0.05) is 19.9 Å². The average molecular weight is 277 g/mol. The summed E-state index contributed by atoms with van der Waals surface area (Å²) in [6.45, 7) is 9.32. The van der Waals surface area contributed by atoms with Gasteiger partial charge >= 0.3 is 0 Å². The predicted molar refractivity (Wildman–Crippen MR) is 82.9 cm³/mol. The van der Waals surface area contributed by atoms with E-state index in [2.05, 4.69) is 41.2 Å². The van der Waals surface area contributed by atoms with E-state index < -0.39 is 0 Å². The summed E-state index contributed by atoms with van der Waals surface area (Å²) in [5.41, 5.74) is 1.27. The molecule has 1 saturated heterocycles. The van der Waals surface area contributed by atoms with Crippen LogP contribution in [0.3, 0.4) is 0 Å². The molecule has 1 atom stereocenters. The Kier molecular flexibility index (Phi) is 6.27. The first kappa shape index (κ1) is 15.3. The van der Waals surface area contributed by atoms with Crippen molar-refractivity contribution < 1.29 is 4.74 Å². The molecule has 4 heteroatoms. The van der Waals surface area contributed by atoms with Crippen molar-refractivity contribution in [3.05, 3.63) is 23.9 Å². The van der Waals surface area contributed by atoms with Gasteiger partial charge in [-0.05, 0) is 37.4 Å². The summed E-state index contributed by atoms with van der Waals surface area (Å²) in [5.74, 6) is 0.970. The van der Waals surface area contributed by atoms with Crippen LogP contribution in [0.25, 0.3) is 0 Å². The molecule has 1 fully saturated rings. The molecule has 1 aliphatic rings. The van der Waals surface area contributed by atoms with E-state index in [4.69, 9.17) is 4.74 Å². The van der Waals surface area contributed by atoms with Gasteiger partial charge in [0.15, 0.2) is 0 Å².